The van der Waals surface area contributed by atoms with Crippen LogP contribution in [0, 0.1) is 5.92 Å². The second kappa shape index (κ2) is 5.99. The van der Waals surface area contributed by atoms with Crippen LogP contribution in [-0.4, -0.2) is 30.8 Å². The highest BCUT2D eigenvalue weighted by Gasteiger charge is 2.21. The first-order valence-corrected chi connectivity index (χ1v) is 5.99. The molecule has 0 aliphatic carbocycles. The first-order valence-electron chi connectivity index (χ1n) is 5.99. The Labute approximate surface area is 96.9 Å². The van der Waals surface area contributed by atoms with Crippen LogP contribution in [0.25, 0.3) is 0 Å². The lowest BCUT2D eigenvalue weighted by Gasteiger charge is -2.28. The van der Waals surface area contributed by atoms with Crippen molar-refractivity contribution in [1.29, 1.82) is 0 Å². The van der Waals surface area contributed by atoms with Gasteiger partial charge >= 0.3 is 0 Å². The number of piperidine rings is 1. The second-order valence-corrected chi connectivity index (χ2v) is 4.44. The monoisotopic (exact) mass is 220 g/mol. The van der Waals surface area contributed by atoms with Crippen molar-refractivity contribution >= 4 is 0 Å². The summed E-state index contributed by atoms with van der Waals surface area (Å²) >= 11 is 0. The maximum atomic E-state index is 9.76. The Balaban J connectivity index is 1.71. The fourth-order valence-electron chi connectivity index (χ4n) is 2.13. The van der Waals surface area contributed by atoms with E-state index in [9.17, 15) is 5.11 Å². The van der Waals surface area contributed by atoms with Gasteiger partial charge in [0.15, 0.2) is 0 Å². The van der Waals surface area contributed by atoms with Crippen molar-refractivity contribution in [2.24, 2.45) is 5.92 Å². The number of hydrogen-bond acceptors (Lipinski definition) is 3. The Hall–Kier alpha value is -0.900. The van der Waals surface area contributed by atoms with Gasteiger partial charge in [-0.15, -0.1) is 0 Å². The average molecular weight is 220 g/mol. The van der Waals surface area contributed by atoms with Crippen LogP contribution in [0.4, 0.5) is 0 Å². The van der Waals surface area contributed by atoms with Gasteiger partial charge in [-0.1, -0.05) is 30.3 Å². The minimum absolute atomic E-state index is 0.197. The summed E-state index contributed by atoms with van der Waals surface area (Å²) in [6, 6.07) is 10.4. The highest BCUT2D eigenvalue weighted by Crippen LogP contribution is 2.11. The van der Waals surface area contributed by atoms with Gasteiger partial charge in [-0.3, -0.25) is 0 Å². The number of rotatable bonds is 4. The van der Waals surface area contributed by atoms with Crippen molar-refractivity contribution in [2.75, 3.05) is 19.6 Å². The summed E-state index contributed by atoms with van der Waals surface area (Å²) in [7, 11) is 0. The van der Waals surface area contributed by atoms with Crippen molar-refractivity contribution in [2.45, 2.75) is 19.1 Å². The molecule has 1 aromatic rings. The Morgan fingerprint density at radius 3 is 2.88 bits per heavy atom. The first kappa shape index (κ1) is 11.6. The second-order valence-electron chi connectivity index (χ2n) is 4.44. The Morgan fingerprint density at radius 1 is 1.31 bits per heavy atom. The molecule has 1 aromatic carbocycles. The lowest BCUT2D eigenvalue weighted by atomic mass is 9.95. The van der Waals surface area contributed by atoms with Crippen LogP contribution < -0.4 is 10.6 Å². The van der Waals surface area contributed by atoms with E-state index < -0.39 is 0 Å². The molecular weight excluding hydrogens is 200 g/mol. The van der Waals surface area contributed by atoms with Crippen LogP contribution in [-0.2, 0) is 6.54 Å². The van der Waals surface area contributed by atoms with Crippen LogP contribution in [0.15, 0.2) is 30.3 Å². The van der Waals surface area contributed by atoms with E-state index in [4.69, 9.17) is 0 Å². The summed E-state index contributed by atoms with van der Waals surface area (Å²) in [5.74, 6) is 0.393. The molecule has 3 N–H and O–H groups in total. The van der Waals surface area contributed by atoms with E-state index in [2.05, 4.69) is 34.9 Å². The van der Waals surface area contributed by atoms with Gasteiger partial charge in [-0.05, 0) is 24.4 Å². The topological polar surface area (TPSA) is 44.3 Å². The van der Waals surface area contributed by atoms with E-state index in [1.165, 1.54) is 5.56 Å². The standard InChI is InChI=1S/C13H20N2O/c16-13-10-14-7-6-12(13)9-15-8-11-4-2-1-3-5-11/h1-5,12-16H,6-10H2/t12-,13+/m1/s1. The number of β-amino-alcohol motifs (C(OH)–C–C–N with tert-alkyl or cyclic N) is 1. The van der Waals surface area contributed by atoms with E-state index in [1.807, 2.05) is 6.07 Å². The highest BCUT2D eigenvalue weighted by molar-refractivity contribution is 5.14. The van der Waals surface area contributed by atoms with Crippen molar-refractivity contribution in [3.8, 4) is 0 Å². The van der Waals surface area contributed by atoms with Crippen LogP contribution >= 0.6 is 0 Å². The predicted octanol–water partition coefficient (Wildman–Crippen LogP) is 0.747. The fourth-order valence-corrected chi connectivity index (χ4v) is 2.13. The largest absolute Gasteiger partial charge is 0.391 e. The lowest BCUT2D eigenvalue weighted by molar-refractivity contribution is 0.0813. The van der Waals surface area contributed by atoms with E-state index in [0.29, 0.717) is 5.92 Å². The maximum absolute atomic E-state index is 9.76. The SMILES string of the molecule is O[C@H]1CNCC[C@@H]1CNCc1ccccc1. The van der Waals surface area contributed by atoms with Gasteiger partial charge in [0, 0.05) is 19.6 Å². The van der Waals surface area contributed by atoms with Gasteiger partial charge in [-0.2, -0.15) is 0 Å². The number of hydrogen-bond donors (Lipinski definition) is 3. The Morgan fingerprint density at radius 2 is 2.12 bits per heavy atom. The lowest BCUT2D eigenvalue weighted by Crippen LogP contribution is -2.44. The molecule has 3 heteroatoms. The molecule has 0 saturated carbocycles. The molecule has 1 heterocycles. The Bertz CT molecular complexity index is 302. The average Bonchev–Trinajstić information content (AvgIpc) is 2.33. The normalized spacial score (nSPS) is 25.6. The molecule has 16 heavy (non-hydrogen) atoms. The zero-order chi connectivity index (χ0) is 11.2. The molecule has 1 fully saturated rings. The molecule has 0 aromatic heterocycles. The third-order valence-corrected chi connectivity index (χ3v) is 3.17. The van der Waals surface area contributed by atoms with E-state index in [1.54, 1.807) is 0 Å². The third-order valence-electron chi connectivity index (χ3n) is 3.17. The molecule has 0 amide bonds. The number of aliphatic hydroxyl groups is 1. The summed E-state index contributed by atoms with van der Waals surface area (Å²) in [5, 5.41) is 16.4. The van der Waals surface area contributed by atoms with Gasteiger partial charge < -0.3 is 15.7 Å². The first-order chi connectivity index (χ1) is 7.86. The summed E-state index contributed by atoms with van der Waals surface area (Å²) in [4.78, 5) is 0. The van der Waals surface area contributed by atoms with Crippen LogP contribution in [0.5, 0.6) is 0 Å². The van der Waals surface area contributed by atoms with Gasteiger partial charge in [0.1, 0.15) is 0 Å². The molecule has 1 aliphatic rings. The molecule has 88 valence electrons. The predicted molar refractivity (Wildman–Crippen MR) is 65.1 cm³/mol. The van der Waals surface area contributed by atoms with E-state index >= 15 is 0 Å². The molecule has 0 spiro atoms. The molecule has 0 radical (unpaired) electrons. The minimum Gasteiger partial charge on any atom is -0.391 e. The summed E-state index contributed by atoms with van der Waals surface area (Å²) in [6.07, 6.45) is 0.861. The summed E-state index contributed by atoms with van der Waals surface area (Å²) in [6.45, 7) is 3.54. The molecule has 2 rings (SSSR count). The number of nitrogens with one attached hydrogen (secondary N) is 2. The van der Waals surface area contributed by atoms with Crippen LogP contribution in [0.2, 0.25) is 0 Å². The molecule has 0 unspecified atom stereocenters. The summed E-state index contributed by atoms with van der Waals surface area (Å²) < 4.78 is 0. The Kier molecular flexibility index (Phi) is 4.34. The molecule has 1 aliphatic heterocycles. The van der Waals surface area contributed by atoms with E-state index in [-0.39, 0.29) is 6.10 Å². The number of aliphatic hydroxyl groups excluding tert-OH is 1. The van der Waals surface area contributed by atoms with Gasteiger partial charge in [0.05, 0.1) is 6.10 Å². The van der Waals surface area contributed by atoms with Gasteiger partial charge in [0.2, 0.25) is 0 Å². The zero-order valence-electron chi connectivity index (χ0n) is 9.52. The van der Waals surface area contributed by atoms with Gasteiger partial charge in [0.25, 0.3) is 0 Å². The molecule has 1 saturated heterocycles. The molecule has 0 bridgehead atoms. The maximum Gasteiger partial charge on any atom is 0.0705 e. The van der Waals surface area contributed by atoms with Crippen molar-refractivity contribution in [3.05, 3.63) is 35.9 Å². The van der Waals surface area contributed by atoms with Crippen LogP contribution in [0.1, 0.15) is 12.0 Å². The van der Waals surface area contributed by atoms with Crippen molar-refractivity contribution in [1.82, 2.24) is 10.6 Å². The molecule has 3 nitrogen and oxygen atoms in total. The van der Waals surface area contributed by atoms with Gasteiger partial charge in [-0.25, -0.2) is 0 Å². The minimum atomic E-state index is -0.197. The van der Waals surface area contributed by atoms with E-state index in [0.717, 1.165) is 32.6 Å². The van der Waals surface area contributed by atoms with Crippen molar-refractivity contribution in [3.63, 3.8) is 0 Å². The summed E-state index contributed by atoms with van der Waals surface area (Å²) in [5.41, 5.74) is 1.30. The highest BCUT2D eigenvalue weighted by atomic mass is 16.3. The zero-order valence-corrected chi connectivity index (χ0v) is 9.52. The smallest absolute Gasteiger partial charge is 0.0705 e. The van der Waals surface area contributed by atoms with Crippen LogP contribution in [0.3, 0.4) is 0 Å². The molecule has 2 atom stereocenters. The quantitative estimate of drug-likeness (QED) is 0.701. The number of benzene rings is 1. The third kappa shape index (κ3) is 3.30. The molecular formula is C13H20N2O. The van der Waals surface area contributed by atoms with Crippen molar-refractivity contribution < 1.29 is 5.11 Å². The fraction of sp³-hybridized carbons (Fsp3) is 0.538.